The van der Waals surface area contributed by atoms with E-state index in [4.69, 9.17) is 29.6 Å². The Labute approximate surface area is 363 Å². The largest absolute Gasteiger partial charge is 0.497 e. The minimum absolute atomic E-state index is 0.00122. The topological polar surface area (TPSA) is 144 Å². The first kappa shape index (κ1) is 41.7. The summed E-state index contributed by atoms with van der Waals surface area (Å²) in [6, 6.07) is 9.66. The predicted octanol–water partition coefficient (Wildman–Crippen LogP) is 9.75. The molecule has 0 amide bonds. The molecule has 3 atom stereocenters. The zero-order chi connectivity index (χ0) is 42.7. The quantitative estimate of drug-likeness (QED) is 0.116. The van der Waals surface area contributed by atoms with Crippen molar-refractivity contribution < 1.29 is 19.4 Å². The lowest BCUT2D eigenvalue weighted by molar-refractivity contribution is -0.201. The van der Waals surface area contributed by atoms with Crippen LogP contribution in [-0.2, 0) is 17.7 Å². The van der Waals surface area contributed by atoms with Crippen molar-refractivity contribution in [1.29, 1.82) is 0 Å². The second kappa shape index (κ2) is 15.9. The third-order valence-electron chi connectivity index (χ3n) is 14.2. The molecule has 324 valence electrons. The number of methoxy groups -OCH3 is 1. The van der Waals surface area contributed by atoms with Crippen LogP contribution in [0, 0.1) is 30.1 Å². The Morgan fingerprint density at radius 1 is 0.951 bits per heavy atom. The molecule has 2 aliphatic heterocycles. The van der Waals surface area contributed by atoms with Crippen molar-refractivity contribution in [2.24, 2.45) is 16.2 Å². The van der Waals surface area contributed by atoms with Crippen LogP contribution >= 0.6 is 11.3 Å². The molecule has 6 heterocycles. The fraction of sp³-hybridized carbons (Fsp3) is 0.574. The van der Waals surface area contributed by atoms with Gasteiger partial charge in [-0.15, -0.1) is 10.2 Å². The molecule has 0 radical (unpaired) electrons. The van der Waals surface area contributed by atoms with Crippen molar-refractivity contribution in [2.75, 3.05) is 50.1 Å². The van der Waals surface area contributed by atoms with E-state index in [2.05, 4.69) is 54.6 Å². The van der Waals surface area contributed by atoms with Gasteiger partial charge in [-0.3, -0.25) is 4.68 Å². The summed E-state index contributed by atoms with van der Waals surface area (Å²) < 4.78 is 15.7. The molecule has 1 saturated heterocycles. The number of hydrogen-bond acceptors (Lipinski definition) is 12. The number of benzene rings is 1. The average molecular weight is 848 g/mol. The molecule has 14 heteroatoms. The summed E-state index contributed by atoms with van der Waals surface area (Å²) >= 11 is 1.55. The number of carbonyl (C=O) groups is 1. The van der Waals surface area contributed by atoms with Crippen molar-refractivity contribution in [1.82, 2.24) is 34.8 Å². The van der Waals surface area contributed by atoms with E-state index in [1.165, 1.54) is 25.9 Å². The number of carboxylic acids is 1. The lowest BCUT2D eigenvalue weighted by atomic mass is 9.47. The van der Waals surface area contributed by atoms with Crippen molar-refractivity contribution in [3.63, 3.8) is 0 Å². The highest BCUT2D eigenvalue weighted by atomic mass is 32.1. The monoisotopic (exact) mass is 847 g/mol. The fourth-order valence-electron chi connectivity index (χ4n) is 12.0. The highest BCUT2D eigenvalue weighted by Gasteiger charge is 2.59. The molecule has 4 aromatic heterocycles. The first-order chi connectivity index (χ1) is 29.2. The van der Waals surface area contributed by atoms with E-state index in [1.807, 2.05) is 48.4 Å². The number of thiazole rings is 1. The Bertz CT molecular complexity index is 2460. The first-order valence-electron chi connectivity index (χ1n) is 22.2. The van der Waals surface area contributed by atoms with E-state index < -0.39 is 5.97 Å². The normalized spacial score (nSPS) is 24.9. The number of ether oxygens (including phenoxy) is 2. The number of nitrogens with zero attached hydrogens (tertiary/aromatic N) is 8. The molecular weight excluding hydrogens is 787 g/mol. The number of carboxylic acid groups (broad SMARTS) is 1. The summed E-state index contributed by atoms with van der Waals surface area (Å²) in [5.41, 5.74) is 5.34. The van der Waals surface area contributed by atoms with Crippen LogP contribution in [0.5, 0.6) is 5.75 Å². The average Bonchev–Trinajstić information content (AvgIpc) is 3.97. The van der Waals surface area contributed by atoms with Gasteiger partial charge in [0.05, 0.1) is 35.7 Å². The second-order valence-electron chi connectivity index (χ2n) is 19.7. The van der Waals surface area contributed by atoms with Gasteiger partial charge in [0.1, 0.15) is 11.6 Å². The lowest BCUT2D eigenvalue weighted by Crippen LogP contribution is -2.58. The standard InChI is InChI=1S/C47H61N9O4S/c1-8-45(6)26-46(24-44(4,5)25-47(27-45,28-46)60-21-20-54-17-9-10-18-54)29-56-31(3)35(23-48-56)34-14-16-38(50-39(34)42(57)58)55-19-11-12-33-30(2)40(52-53-41(33)55)51-43-49-36-22-32(59-7)13-15-37(36)61-43/h13-16,22-23H,8-12,17-21,24-29H2,1-7H3,(H,57,58)(H,49,51,52)/t45-,46-,47+/m0/s1. The number of aromatic carboxylic acids is 1. The van der Waals surface area contributed by atoms with Gasteiger partial charge in [-0.05, 0) is 125 Å². The van der Waals surface area contributed by atoms with Gasteiger partial charge >= 0.3 is 5.97 Å². The van der Waals surface area contributed by atoms with E-state index in [-0.39, 0.29) is 27.5 Å². The zero-order valence-corrected chi connectivity index (χ0v) is 37.8. The third-order valence-corrected chi connectivity index (χ3v) is 15.2. The van der Waals surface area contributed by atoms with Crippen LogP contribution in [0.4, 0.5) is 22.6 Å². The van der Waals surface area contributed by atoms with E-state index in [0.29, 0.717) is 29.6 Å². The van der Waals surface area contributed by atoms with Crippen LogP contribution in [0.2, 0.25) is 0 Å². The van der Waals surface area contributed by atoms with Crippen molar-refractivity contribution >= 4 is 50.1 Å². The van der Waals surface area contributed by atoms with Crippen LogP contribution in [0.25, 0.3) is 21.3 Å². The SMILES string of the molecule is CC[C@@]1(C)C[C@@]2(Cn3ncc(-c4ccc(N5CCCc6c5nnc(Nc5nc7cc(OC)ccc7s5)c6C)nc4C(=O)O)c3C)CC(C)(C)C[C@@](OCCN3CCCC3)(C1)C2. The maximum absolute atomic E-state index is 13.0. The van der Waals surface area contributed by atoms with Crippen molar-refractivity contribution in [3.8, 4) is 16.9 Å². The summed E-state index contributed by atoms with van der Waals surface area (Å²) in [5.74, 6) is 1.56. The molecule has 2 saturated carbocycles. The Kier molecular flexibility index (Phi) is 10.9. The summed E-state index contributed by atoms with van der Waals surface area (Å²) in [4.78, 5) is 27.2. The number of anilines is 4. The van der Waals surface area contributed by atoms with Crippen molar-refractivity contribution in [2.45, 2.75) is 118 Å². The molecule has 1 aromatic carbocycles. The molecule has 0 unspecified atom stereocenters. The highest BCUT2D eigenvalue weighted by Crippen LogP contribution is 2.64. The van der Waals surface area contributed by atoms with Gasteiger partial charge in [-0.2, -0.15) is 5.10 Å². The second-order valence-corrected chi connectivity index (χ2v) is 20.7. The number of pyridine rings is 1. The van der Waals surface area contributed by atoms with Gasteiger partial charge in [0.2, 0.25) is 0 Å². The fourth-order valence-corrected chi connectivity index (χ4v) is 12.8. The lowest BCUT2D eigenvalue weighted by Gasteiger charge is -2.62. The number of fused-ring (bicyclic) bond motifs is 4. The number of aromatic nitrogens is 6. The van der Waals surface area contributed by atoms with Crippen LogP contribution in [0.15, 0.2) is 36.5 Å². The molecule has 5 aromatic rings. The molecule has 0 spiro atoms. The van der Waals surface area contributed by atoms with E-state index in [0.717, 1.165) is 115 Å². The third kappa shape index (κ3) is 8.11. The summed E-state index contributed by atoms with van der Waals surface area (Å²) in [6.07, 6.45) is 12.6. The van der Waals surface area contributed by atoms with Crippen LogP contribution in [0.3, 0.4) is 0 Å². The maximum atomic E-state index is 13.0. The van der Waals surface area contributed by atoms with Gasteiger partial charge in [0, 0.05) is 53.6 Å². The molecule has 3 fully saturated rings. The molecule has 2 N–H and O–H groups in total. The summed E-state index contributed by atoms with van der Waals surface area (Å²) in [6.45, 7) is 19.4. The Balaban J connectivity index is 0.975. The number of likely N-dealkylation sites (tertiary alicyclic amines) is 1. The molecular formula is C47H61N9O4S. The molecule has 9 rings (SSSR count). The Hall–Kier alpha value is -4.66. The minimum Gasteiger partial charge on any atom is -0.497 e. The number of hydrogen-bond donors (Lipinski definition) is 2. The molecule has 61 heavy (non-hydrogen) atoms. The van der Waals surface area contributed by atoms with Crippen LogP contribution in [-0.4, -0.2) is 91.4 Å². The summed E-state index contributed by atoms with van der Waals surface area (Å²) in [7, 11) is 1.65. The maximum Gasteiger partial charge on any atom is 0.355 e. The van der Waals surface area contributed by atoms with Gasteiger partial charge in [-0.25, -0.2) is 14.8 Å². The van der Waals surface area contributed by atoms with E-state index >= 15 is 0 Å². The number of nitrogens with one attached hydrogen (secondary N) is 1. The molecule has 13 nitrogen and oxygen atoms in total. The highest BCUT2D eigenvalue weighted by molar-refractivity contribution is 7.22. The predicted molar refractivity (Wildman–Crippen MR) is 241 cm³/mol. The van der Waals surface area contributed by atoms with Gasteiger partial charge in [0.25, 0.3) is 0 Å². The smallest absolute Gasteiger partial charge is 0.355 e. The Morgan fingerprint density at radius 3 is 2.54 bits per heavy atom. The van der Waals surface area contributed by atoms with Gasteiger partial charge in [0.15, 0.2) is 22.5 Å². The van der Waals surface area contributed by atoms with Gasteiger partial charge in [-0.1, -0.05) is 45.5 Å². The van der Waals surface area contributed by atoms with E-state index in [9.17, 15) is 9.90 Å². The Morgan fingerprint density at radius 2 is 1.77 bits per heavy atom. The van der Waals surface area contributed by atoms with Crippen LogP contribution < -0.4 is 15.0 Å². The molecule has 4 aliphatic rings. The van der Waals surface area contributed by atoms with E-state index in [1.54, 1.807) is 18.4 Å². The first-order valence-corrected chi connectivity index (χ1v) is 23.0. The minimum atomic E-state index is -1.08. The number of rotatable bonds is 13. The zero-order valence-electron chi connectivity index (χ0n) is 36.9. The molecule has 2 aliphatic carbocycles. The van der Waals surface area contributed by atoms with Crippen molar-refractivity contribution in [3.05, 3.63) is 59.0 Å². The van der Waals surface area contributed by atoms with Crippen LogP contribution in [0.1, 0.15) is 113 Å². The van der Waals surface area contributed by atoms with Gasteiger partial charge < -0.3 is 29.7 Å². The summed E-state index contributed by atoms with van der Waals surface area (Å²) in [5, 5.41) is 29.1. The molecule has 2 bridgehead atoms.